The Kier molecular flexibility index (Phi) is 4.40. The fraction of sp³-hybridized carbons (Fsp3) is 0.632. The molecule has 136 valence electrons. The SMILES string of the molecule is CCC1CN(c2cccc(B3OC(C)(C)C(C)(C)O3)c2C)C(=O)N1C. The van der Waals surface area contributed by atoms with Crippen LogP contribution in [0.25, 0.3) is 0 Å². The van der Waals surface area contributed by atoms with E-state index in [9.17, 15) is 4.79 Å². The van der Waals surface area contributed by atoms with Gasteiger partial charge < -0.3 is 14.2 Å². The van der Waals surface area contributed by atoms with E-state index in [1.165, 1.54) is 0 Å². The Labute approximate surface area is 151 Å². The third-order valence-corrected chi connectivity index (χ3v) is 6.09. The Morgan fingerprint density at radius 1 is 1.20 bits per heavy atom. The van der Waals surface area contributed by atoms with Gasteiger partial charge in [-0.3, -0.25) is 4.90 Å². The van der Waals surface area contributed by atoms with E-state index in [1.807, 2.05) is 42.0 Å². The first kappa shape index (κ1) is 18.3. The van der Waals surface area contributed by atoms with Crippen LogP contribution in [0.5, 0.6) is 0 Å². The Balaban J connectivity index is 1.93. The number of hydrogen-bond donors (Lipinski definition) is 0. The number of likely N-dealkylation sites (N-methyl/N-ethyl adjacent to an activating group) is 1. The van der Waals surface area contributed by atoms with Gasteiger partial charge in [0, 0.05) is 19.3 Å². The van der Waals surface area contributed by atoms with Gasteiger partial charge in [-0.25, -0.2) is 4.79 Å². The molecule has 3 rings (SSSR count). The molecule has 0 spiro atoms. The highest BCUT2D eigenvalue weighted by Gasteiger charge is 2.52. The maximum absolute atomic E-state index is 12.7. The minimum atomic E-state index is -0.414. The number of amides is 2. The van der Waals surface area contributed by atoms with Gasteiger partial charge in [0.15, 0.2) is 0 Å². The summed E-state index contributed by atoms with van der Waals surface area (Å²) >= 11 is 0. The molecule has 2 heterocycles. The van der Waals surface area contributed by atoms with Crippen LogP contribution in [-0.4, -0.2) is 48.9 Å². The minimum absolute atomic E-state index is 0.0565. The molecule has 0 radical (unpaired) electrons. The molecule has 0 aliphatic carbocycles. The van der Waals surface area contributed by atoms with Crippen LogP contribution in [-0.2, 0) is 9.31 Å². The van der Waals surface area contributed by atoms with Crippen LogP contribution < -0.4 is 10.4 Å². The van der Waals surface area contributed by atoms with E-state index in [4.69, 9.17) is 9.31 Å². The summed E-state index contributed by atoms with van der Waals surface area (Å²) in [6.45, 7) is 13.1. The highest BCUT2D eigenvalue weighted by molar-refractivity contribution is 6.62. The van der Waals surface area contributed by atoms with Crippen LogP contribution >= 0.6 is 0 Å². The monoisotopic (exact) mass is 344 g/mol. The summed E-state index contributed by atoms with van der Waals surface area (Å²) in [5, 5.41) is 0. The highest BCUT2D eigenvalue weighted by Crippen LogP contribution is 2.37. The number of urea groups is 1. The Morgan fingerprint density at radius 3 is 2.32 bits per heavy atom. The summed E-state index contributed by atoms with van der Waals surface area (Å²) in [7, 11) is 1.46. The number of rotatable bonds is 3. The van der Waals surface area contributed by atoms with Gasteiger partial charge in [0.05, 0.1) is 17.2 Å². The molecule has 2 aliphatic rings. The Bertz CT molecular complexity index is 673. The van der Waals surface area contributed by atoms with Gasteiger partial charge in [0.25, 0.3) is 0 Å². The molecule has 0 N–H and O–H groups in total. The van der Waals surface area contributed by atoms with Crippen molar-refractivity contribution in [2.75, 3.05) is 18.5 Å². The zero-order chi connectivity index (χ0) is 18.6. The van der Waals surface area contributed by atoms with Crippen molar-refractivity contribution in [1.82, 2.24) is 4.90 Å². The second-order valence-corrected chi connectivity index (χ2v) is 8.15. The molecule has 2 fully saturated rings. The number of nitrogens with zero attached hydrogens (tertiary/aromatic N) is 2. The fourth-order valence-electron chi connectivity index (χ4n) is 3.52. The van der Waals surface area contributed by atoms with Crippen LogP contribution in [0.1, 0.15) is 46.6 Å². The van der Waals surface area contributed by atoms with Crippen molar-refractivity contribution in [2.24, 2.45) is 0 Å². The van der Waals surface area contributed by atoms with Crippen molar-refractivity contribution < 1.29 is 14.1 Å². The number of carbonyl (C=O) groups excluding carboxylic acids is 1. The maximum atomic E-state index is 12.7. The van der Waals surface area contributed by atoms with E-state index in [0.29, 0.717) is 0 Å². The molecule has 1 aromatic carbocycles. The summed E-state index contributed by atoms with van der Waals surface area (Å²) in [5.41, 5.74) is 2.22. The molecule has 0 bridgehead atoms. The molecule has 25 heavy (non-hydrogen) atoms. The molecule has 0 saturated carbocycles. The van der Waals surface area contributed by atoms with Crippen molar-refractivity contribution in [1.29, 1.82) is 0 Å². The lowest BCUT2D eigenvalue weighted by Gasteiger charge is -2.32. The predicted molar refractivity (Wildman–Crippen MR) is 101 cm³/mol. The molecular formula is C19H29BN2O3. The van der Waals surface area contributed by atoms with Crippen molar-refractivity contribution in [3.05, 3.63) is 23.8 Å². The van der Waals surface area contributed by atoms with Crippen molar-refractivity contribution >= 4 is 24.3 Å². The van der Waals surface area contributed by atoms with Crippen LogP contribution in [0.3, 0.4) is 0 Å². The summed E-state index contributed by atoms with van der Waals surface area (Å²) in [5.74, 6) is 0. The minimum Gasteiger partial charge on any atom is -0.399 e. The van der Waals surface area contributed by atoms with Crippen LogP contribution in [0.15, 0.2) is 18.2 Å². The Morgan fingerprint density at radius 2 is 1.80 bits per heavy atom. The van der Waals surface area contributed by atoms with E-state index < -0.39 is 7.12 Å². The average Bonchev–Trinajstić information content (AvgIpc) is 2.93. The van der Waals surface area contributed by atoms with E-state index >= 15 is 0 Å². The second-order valence-electron chi connectivity index (χ2n) is 8.15. The van der Waals surface area contributed by atoms with E-state index in [1.54, 1.807) is 0 Å². The number of anilines is 1. The molecule has 0 aromatic heterocycles. The van der Waals surface area contributed by atoms with Crippen LogP contribution in [0.2, 0.25) is 0 Å². The van der Waals surface area contributed by atoms with E-state index in [-0.39, 0.29) is 23.3 Å². The lowest BCUT2D eigenvalue weighted by molar-refractivity contribution is 0.00578. The third kappa shape index (κ3) is 2.85. The number of benzene rings is 1. The van der Waals surface area contributed by atoms with E-state index in [2.05, 4.69) is 34.6 Å². The molecule has 1 unspecified atom stereocenters. The van der Waals surface area contributed by atoms with Gasteiger partial charge >= 0.3 is 13.1 Å². The summed E-state index contributed by atoms with van der Waals surface area (Å²) < 4.78 is 12.4. The highest BCUT2D eigenvalue weighted by atomic mass is 16.7. The molecule has 1 atom stereocenters. The van der Waals surface area contributed by atoms with Crippen molar-refractivity contribution in [3.8, 4) is 0 Å². The third-order valence-electron chi connectivity index (χ3n) is 6.09. The molecule has 5 nitrogen and oxygen atoms in total. The van der Waals surface area contributed by atoms with Gasteiger partial charge in [-0.05, 0) is 58.1 Å². The molecule has 2 aliphatic heterocycles. The standard InChI is InChI=1S/C19H29BN2O3/c1-8-14-12-22(17(23)21(14)7)16-11-9-10-15(13(16)2)20-24-18(3,4)19(5,6)25-20/h9-11,14H,8,12H2,1-7H3. The van der Waals surface area contributed by atoms with Gasteiger partial charge in [-0.15, -0.1) is 0 Å². The van der Waals surface area contributed by atoms with Crippen molar-refractivity contribution in [2.45, 2.75) is 65.2 Å². The average molecular weight is 344 g/mol. The maximum Gasteiger partial charge on any atom is 0.495 e. The van der Waals surface area contributed by atoms with Gasteiger partial charge in [-0.2, -0.15) is 0 Å². The fourth-order valence-corrected chi connectivity index (χ4v) is 3.52. The van der Waals surface area contributed by atoms with Crippen molar-refractivity contribution in [3.63, 3.8) is 0 Å². The van der Waals surface area contributed by atoms with E-state index in [0.717, 1.165) is 29.7 Å². The lowest BCUT2D eigenvalue weighted by Crippen LogP contribution is -2.41. The Hall–Kier alpha value is -1.53. The number of carbonyl (C=O) groups is 1. The van der Waals surface area contributed by atoms with Crippen LogP contribution in [0.4, 0.5) is 10.5 Å². The molecule has 2 amide bonds. The summed E-state index contributed by atoms with van der Waals surface area (Å²) in [6, 6.07) is 6.33. The van der Waals surface area contributed by atoms with Crippen LogP contribution in [0, 0.1) is 6.92 Å². The lowest BCUT2D eigenvalue weighted by atomic mass is 9.75. The molecule has 1 aromatic rings. The quantitative estimate of drug-likeness (QED) is 0.792. The smallest absolute Gasteiger partial charge is 0.399 e. The normalized spacial score (nSPS) is 25.2. The molecule has 2 saturated heterocycles. The van der Waals surface area contributed by atoms with Gasteiger partial charge in [0.2, 0.25) is 0 Å². The second kappa shape index (κ2) is 6.03. The topological polar surface area (TPSA) is 42.0 Å². The zero-order valence-electron chi connectivity index (χ0n) is 16.4. The van der Waals surface area contributed by atoms with Gasteiger partial charge in [0.1, 0.15) is 0 Å². The first-order valence-electron chi connectivity index (χ1n) is 9.08. The predicted octanol–water partition coefficient (Wildman–Crippen LogP) is 2.94. The summed E-state index contributed by atoms with van der Waals surface area (Å²) in [4.78, 5) is 16.4. The molecular weight excluding hydrogens is 315 g/mol. The summed E-state index contributed by atoms with van der Waals surface area (Å²) in [6.07, 6.45) is 0.953. The number of hydrogen-bond acceptors (Lipinski definition) is 3. The largest absolute Gasteiger partial charge is 0.495 e. The first-order chi connectivity index (χ1) is 11.6. The first-order valence-corrected chi connectivity index (χ1v) is 9.08. The molecule has 6 heteroatoms. The van der Waals surface area contributed by atoms with Gasteiger partial charge in [-0.1, -0.05) is 19.1 Å². The zero-order valence-corrected chi connectivity index (χ0v) is 16.4.